The van der Waals surface area contributed by atoms with Gasteiger partial charge in [-0.25, -0.2) is 0 Å². The Kier molecular flexibility index (Phi) is 5.63. The predicted molar refractivity (Wildman–Crippen MR) is 143 cm³/mol. The second-order valence-corrected chi connectivity index (χ2v) is 11.9. The van der Waals surface area contributed by atoms with Crippen molar-refractivity contribution in [3.05, 3.63) is 53.6 Å². The maximum atomic E-state index is 10.2. The third-order valence-electron chi connectivity index (χ3n) is 10.3. The highest BCUT2D eigenvalue weighted by Gasteiger charge is 2.57. The van der Waals surface area contributed by atoms with Gasteiger partial charge in [0.05, 0.1) is 19.4 Å². The molecule has 2 aromatic rings. The molecule has 184 valence electrons. The van der Waals surface area contributed by atoms with Crippen LogP contribution in [0.5, 0.6) is 5.75 Å². The molecule has 4 heteroatoms. The number of fused-ring (bicyclic) bond motifs is 6. The first kappa shape index (κ1) is 23.0. The highest BCUT2D eigenvalue weighted by atomic mass is 16.5. The summed E-state index contributed by atoms with van der Waals surface area (Å²) in [4.78, 5) is 0. The summed E-state index contributed by atoms with van der Waals surface area (Å²) < 4.78 is 5.34. The summed E-state index contributed by atoms with van der Waals surface area (Å²) >= 11 is 0. The predicted octanol–water partition coefficient (Wildman–Crippen LogP) is 6.95. The number of nitrogens with zero attached hydrogens (tertiary/aromatic N) is 2. The number of hydrogen-bond donors (Lipinski definition) is 1. The van der Waals surface area contributed by atoms with Crippen LogP contribution in [-0.4, -0.2) is 30.2 Å². The van der Waals surface area contributed by atoms with Crippen molar-refractivity contribution in [1.29, 1.82) is 0 Å². The molecule has 0 radical (unpaired) electrons. The third-order valence-corrected chi connectivity index (χ3v) is 10.3. The average Bonchev–Trinajstić information content (AvgIpc) is 3.20. The number of benzene rings is 2. The van der Waals surface area contributed by atoms with E-state index >= 15 is 0 Å². The van der Waals surface area contributed by atoms with Crippen LogP contribution in [0.15, 0.2) is 58.3 Å². The van der Waals surface area contributed by atoms with E-state index in [-0.39, 0.29) is 11.5 Å². The van der Waals surface area contributed by atoms with Gasteiger partial charge in [0.15, 0.2) is 0 Å². The number of rotatable bonds is 3. The number of aliphatic hydroxyl groups is 1. The van der Waals surface area contributed by atoms with Gasteiger partial charge >= 0.3 is 0 Å². The second-order valence-electron chi connectivity index (χ2n) is 11.9. The zero-order valence-corrected chi connectivity index (χ0v) is 21.3. The monoisotopic (exact) mass is 470 g/mol. The molecule has 6 rings (SSSR count). The van der Waals surface area contributed by atoms with Crippen molar-refractivity contribution in [2.75, 3.05) is 7.11 Å². The van der Waals surface area contributed by atoms with Crippen LogP contribution in [-0.2, 0) is 0 Å². The van der Waals surface area contributed by atoms with Crippen molar-refractivity contribution in [3.8, 4) is 5.75 Å². The number of allylic oxidation sites excluding steroid dienone is 1. The normalized spacial score (nSPS) is 37.7. The summed E-state index contributed by atoms with van der Waals surface area (Å²) in [5.74, 6) is 3.08. The molecule has 4 nitrogen and oxygen atoms in total. The van der Waals surface area contributed by atoms with Gasteiger partial charge in [0.25, 0.3) is 0 Å². The lowest BCUT2D eigenvalue weighted by Crippen LogP contribution is -2.50. The minimum Gasteiger partial charge on any atom is -0.497 e. The van der Waals surface area contributed by atoms with E-state index in [1.54, 1.807) is 12.7 Å². The molecule has 4 aliphatic rings. The van der Waals surface area contributed by atoms with Crippen molar-refractivity contribution < 1.29 is 9.84 Å². The van der Waals surface area contributed by atoms with Gasteiger partial charge in [0, 0.05) is 11.1 Å². The first-order valence-electron chi connectivity index (χ1n) is 13.5. The molecule has 0 bridgehead atoms. The number of ether oxygens (including phenoxy) is 1. The van der Waals surface area contributed by atoms with E-state index in [2.05, 4.69) is 55.4 Å². The van der Waals surface area contributed by atoms with E-state index in [1.807, 2.05) is 12.3 Å². The van der Waals surface area contributed by atoms with Gasteiger partial charge in [-0.1, -0.05) is 43.7 Å². The van der Waals surface area contributed by atoms with E-state index in [9.17, 15) is 5.11 Å². The molecule has 35 heavy (non-hydrogen) atoms. The Bertz CT molecular complexity index is 1230. The van der Waals surface area contributed by atoms with Gasteiger partial charge in [-0.15, -0.1) is 0 Å². The zero-order valence-electron chi connectivity index (χ0n) is 21.3. The van der Waals surface area contributed by atoms with Crippen LogP contribution in [0, 0.1) is 28.6 Å². The summed E-state index contributed by atoms with van der Waals surface area (Å²) in [6.07, 6.45) is 13.3. The van der Waals surface area contributed by atoms with Crippen LogP contribution in [0.3, 0.4) is 0 Å². The van der Waals surface area contributed by atoms with E-state index in [0.29, 0.717) is 11.3 Å². The van der Waals surface area contributed by atoms with Crippen LogP contribution in [0.1, 0.15) is 70.8 Å². The molecule has 6 atom stereocenters. The fourth-order valence-electron chi connectivity index (χ4n) is 8.21. The topological polar surface area (TPSA) is 54.2 Å². The zero-order chi connectivity index (χ0) is 24.2. The molecule has 0 aliphatic heterocycles. The lowest BCUT2D eigenvalue weighted by atomic mass is 9.48. The standard InChI is InChI=1S/C31H38N2O2/c1-30-14-12-24(34)18-23(30)7-9-26-27-10-11-29(31(27,2)15-13-28(26)30)33-32-19-20-4-5-22-17-25(35-3)8-6-21(22)16-20/h4-8,16-17,19,24,26-28,34H,9-15,18H2,1-3H3/b32-19+,33-29-/t24-,26-,27-,28-,30-,31-/m0/s1. The van der Waals surface area contributed by atoms with E-state index in [4.69, 9.17) is 9.84 Å². The molecule has 0 unspecified atom stereocenters. The average molecular weight is 471 g/mol. The van der Waals surface area contributed by atoms with Gasteiger partial charge < -0.3 is 9.84 Å². The Morgan fingerprint density at radius 1 is 0.971 bits per heavy atom. The smallest absolute Gasteiger partial charge is 0.119 e. The number of hydrogen-bond acceptors (Lipinski definition) is 4. The first-order chi connectivity index (χ1) is 16.9. The fraction of sp³-hybridized carbons (Fsp3) is 0.548. The highest BCUT2D eigenvalue weighted by Crippen LogP contribution is 2.64. The lowest BCUT2D eigenvalue weighted by Gasteiger charge is -2.57. The molecule has 0 heterocycles. The van der Waals surface area contributed by atoms with Crippen LogP contribution < -0.4 is 4.74 Å². The molecule has 0 amide bonds. The highest BCUT2D eigenvalue weighted by molar-refractivity contribution is 5.94. The summed E-state index contributed by atoms with van der Waals surface area (Å²) in [6, 6.07) is 12.5. The molecular weight excluding hydrogens is 432 g/mol. The van der Waals surface area contributed by atoms with Gasteiger partial charge in [-0.2, -0.15) is 10.2 Å². The Labute approximate surface area is 209 Å². The van der Waals surface area contributed by atoms with Gasteiger partial charge in [0.1, 0.15) is 5.75 Å². The fourth-order valence-corrected chi connectivity index (χ4v) is 8.21. The molecule has 3 saturated carbocycles. The maximum Gasteiger partial charge on any atom is 0.119 e. The van der Waals surface area contributed by atoms with Crippen LogP contribution in [0.4, 0.5) is 0 Å². The van der Waals surface area contributed by atoms with Crippen molar-refractivity contribution >= 4 is 22.7 Å². The van der Waals surface area contributed by atoms with Crippen molar-refractivity contribution in [2.45, 2.75) is 71.3 Å². The summed E-state index contributed by atoms with van der Waals surface area (Å²) in [7, 11) is 1.70. The molecule has 0 spiro atoms. The quantitative estimate of drug-likeness (QED) is 0.300. The Morgan fingerprint density at radius 3 is 2.60 bits per heavy atom. The maximum absolute atomic E-state index is 10.2. The van der Waals surface area contributed by atoms with Gasteiger partial charge in [-0.05, 0) is 109 Å². The van der Waals surface area contributed by atoms with E-state index < -0.39 is 0 Å². The molecular formula is C31H38N2O2. The Morgan fingerprint density at radius 2 is 1.74 bits per heavy atom. The van der Waals surface area contributed by atoms with Crippen molar-refractivity contribution in [1.82, 2.24) is 0 Å². The van der Waals surface area contributed by atoms with E-state index in [1.165, 1.54) is 42.2 Å². The summed E-state index contributed by atoms with van der Waals surface area (Å²) in [5.41, 5.74) is 4.40. The molecule has 1 N–H and O–H groups in total. The van der Waals surface area contributed by atoms with Crippen molar-refractivity contribution in [2.24, 2.45) is 38.8 Å². The number of methoxy groups -OCH3 is 1. The summed E-state index contributed by atoms with van der Waals surface area (Å²) in [5, 5.41) is 22.0. The van der Waals surface area contributed by atoms with Crippen LogP contribution in [0.25, 0.3) is 10.8 Å². The minimum atomic E-state index is -0.131. The van der Waals surface area contributed by atoms with Crippen LogP contribution >= 0.6 is 0 Å². The van der Waals surface area contributed by atoms with Crippen LogP contribution in [0.2, 0.25) is 0 Å². The van der Waals surface area contributed by atoms with Gasteiger partial charge in [0.2, 0.25) is 0 Å². The molecule has 3 fully saturated rings. The van der Waals surface area contributed by atoms with E-state index in [0.717, 1.165) is 48.8 Å². The van der Waals surface area contributed by atoms with Crippen molar-refractivity contribution in [3.63, 3.8) is 0 Å². The lowest BCUT2D eigenvalue weighted by molar-refractivity contribution is -0.0209. The third kappa shape index (κ3) is 3.76. The summed E-state index contributed by atoms with van der Waals surface area (Å²) in [6.45, 7) is 4.96. The minimum absolute atomic E-state index is 0.131. The largest absolute Gasteiger partial charge is 0.497 e. The van der Waals surface area contributed by atoms with Gasteiger partial charge in [-0.3, -0.25) is 0 Å². The Balaban J connectivity index is 1.21. The Hall–Kier alpha value is -2.46. The molecule has 4 aliphatic carbocycles. The molecule has 2 aromatic carbocycles. The molecule has 0 saturated heterocycles. The second kappa shape index (κ2) is 8.58. The number of aliphatic hydroxyl groups excluding tert-OH is 1. The SMILES string of the molecule is COc1ccc2cc(/C=N/N=C3/CC[C@H]4[C@@H]5CC=C6C[C@@H](O)CC[C@]6(C)[C@H]5CC[C@]34C)ccc2c1. The molecule has 0 aromatic heterocycles. The first-order valence-corrected chi connectivity index (χ1v) is 13.5.